The lowest BCUT2D eigenvalue weighted by atomic mass is 9.82. The summed E-state index contributed by atoms with van der Waals surface area (Å²) in [5.74, 6) is 0. The van der Waals surface area contributed by atoms with Crippen molar-refractivity contribution >= 4 is 0 Å². The van der Waals surface area contributed by atoms with Crippen LogP contribution in [0.2, 0.25) is 0 Å². The van der Waals surface area contributed by atoms with E-state index in [0.29, 0.717) is 0 Å². The van der Waals surface area contributed by atoms with Gasteiger partial charge >= 0.3 is 0 Å². The first-order chi connectivity index (χ1) is 8.84. The molecule has 2 heteroatoms. The van der Waals surface area contributed by atoms with E-state index in [2.05, 4.69) is 43.4 Å². The largest absolute Gasteiger partial charge is 0.299 e. The molecule has 0 amide bonds. The van der Waals surface area contributed by atoms with E-state index in [1.807, 2.05) is 13.8 Å². The molecule has 0 aromatic heterocycles. The molecule has 0 fully saturated rings. The molecule has 2 nitrogen and oxygen atoms in total. The molecule has 0 spiro atoms. The van der Waals surface area contributed by atoms with Crippen molar-refractivity contribution in [2.24, 2.45) is 0 Å². The topological polar surface area (TPSA) is 35.8 Å². The van der Waals surface area contributed by atoms with Crippen LogP contribution in [0.4, 0.5) is 0 Å². The molecular weight excluding hydrogens is 232 g/mol. The Labute approximate surface area is 116 Å². The molecule has 0 unspecified atom stereocenters. The molecular formula is C17H24N2. The van der Waals surface area contributed by atoms with Crippen LogP contribution in [-0.2, 0) is 18.3 Å². The highest BCUT2D eigenvalue weighted by Gasteiger charge is 2.26. The van der Waals surface area contributed by atoms with E-state index in [4.69, 9.17) is 5.26 Å². The zero-order valence-electron chi connectivity index (χ0n) is 12.5. The molecule has 1 aliphatic rings. The molecule has 0 heterocycles. The average Bonchev–Trinajstić information content (AvgIpc) is 2.84. The molecule has 0 aliphatic heterocycles. The van der Waals surface area contributed by atoms with Crippen molar-refractivity contribution in [2.45, 2.75) is 57.9 Å². The van der Waals surface area contributed by atoms with Gasteiger partial charge in [-0.25, -0.2) is 0 Å². The van der Waals surface area contributed by atoms with Crippen molar-refractivity contribution in [3.8, 4) is 6.07 Å². The van der Waals surface area contributed by atoms with Gasteiger partial charge in [0.1, 0.15) is 5.54 Å². The van der Waals surface area contributed by atoms with Crippen molar-refractivity contribution < 1.29 is 0 Å². The van der Waals surface area contributed by atoms with Crippen LogP contribution in [0.1, 0.15) is 50.8 Å². The van der Waals surface area contributed by atoms with Crippen molar-refractivity contribution in [3.63, 3.8) is 0 Å². The maximum Gasteiger partial charge on any atom is 0.101 e. The fourth-order valence-corrected chi connectivity index (χ4v) is 2.58. The highest BCUT2D eigenvalue weighted by Crippen LogP contribution is 2.29. The zero-order chi connectivity index (χ0) is 14.1. The minimum Gasteiger partial charge on any atom is -0.299 e. The second kappa shape index (κ2) is 4.98. The van der Waals surface area contributed by atoms with Crippen molar-refractivity contribution in [1.82, 2.24) is 5.32 Å². The lowest BCUT2D eigenvalue weighted by Crippen LogP contribution is -2.44. The quantitative estimate of drug-likeness (QED) is 0.896. The van der Waals surface area contributed by atoms with Gasteiger partial charge < -0.3 is 0 Å². The van der Waals surface area contributed by atoms with Gasteiger partial charge in [-0.05, 0) is 49.8 Å². The number of fused-ring (bicyclic) bond motifs is 1. The lowest BCUT2D eigenvalue weighted by molar-refractivity contribution is 0.397. The van der Waals surface area contributed by atoms with Gasteiger partial charge in [-0.2, -0.15) is 5.26 Å². The average molecular weight is 256 g/mol. The number of hydrogen-bond donors (Lipinski definition) is 1. The summed E-state index contributed by atoms with van der Waals surface area (Å²) in [6, 6.07) is 9.20. The van der Waals surface area contributed by atoms with Gasteiger partial charge in [-0.1, -0.05) is 32.0 Å². The first-order valence-electron chi connectivity index (χ1n) is 7.13. The Kier molecular flexibility index (Phi) is 3.69. The summed E-state index contributed by atoms with van der Waals surface area (Å²) < 4.78 is 0. The smallest absolute Gasteiger partial charge is 0.101 e. The monoisotopic (exact) mass is 256 g/mol. The van der Waals surface area contributed by atoms with E-state index in [1.54, 1.807) is 0 Å². The number of nitrogens with one attached hydrogen (secondary N) is 1. The molecule has 0 bridgehead atoms. The lowest BCUT2D eigenvalue weighted by Gasteiger charge is -2.30. The van der Waals surface area contributed by atoms with Gasteiger partial charge in [0, 0.05) is 12.0 Å². The predicted octanol–water partition coefficient (Wildman–Crippen LogP) is 3.34. The zero-order valence-corrected chi connectivity index (χ0v) is 12.5. The minimum atomic E-state index is -0.464. The number of aryl methyl sites for hydroxylation is 2. The Morgan fingerprint density at radius 2 is 1.84 bits per heavy atom. The van der Waals surface area contributed by atoms with Crippen LogP contribution in [0, 0.1) is 11.3 Å². The van der Waals surface area contributed by atoms with Gasteiger partial charge in [-0.3, -0.25) is 5.32 Å². The maximum atomic E-state index is 9.08. The van der Waals surface area contributed by atoms with Gasteiger partial charge in [0.05, 0.1) is 6.07 Å². The molecule has 1 aromatic carbocycles. The van der Waals surface area contributed by atoms with E-state index in [9.17, 15) is 0 Å². The van der Waals surface area contributed by atoms with Gasteiger partial charge in [0.25, 0.3) is 0 Å². The Hall–Kier alpha value is -1.33. The molecule has 2 rings (SSSR count). The Morgan fingerprint density at radius 3 is 2.53 bits per heavy atom. The number of benzene rings is 1. The first kappa shape index (κ1) is 14.1. The standard InChI is InChI=1S/C17H24N2/c1-16(2,12-19-17(3,4)11-18)15-9-8-13-6-5-7-14(13)10-15/h8-10,19H,5-7,12H2,1-4H3. The molecule has 0 saturated carbocycles. The van der Waals surface area contributed by atoms with Crippen LogP contribution in [0.15, 0.2) is 18.2 Å². The summed E-state index contributed by atoms with van der Waals surface area (Å²) in [5.41, 5.74) is 3.99. The minimum absolute atomic E-state index is 0.0474. The number of nitriles is 1. The van der Waals surface area contributed by atoms with Crippen LogP contribution >= 0.6 is 0 Å². The summed E-state index contributed by atoms with van der Waals surface area (Å²) in [5, 5.41) is 12.4. The third-order valence-electron chi connectivity index (χ3n) is 4.13. The SMILES string of the molecule is CC(C)(C#N)NCC(C)(C)c1ccc2c(c1)CCC2. The van der Waals surface area contributed by atoms with Crippen molar-refractivity contribution in [2.75, 3.05) is 6.54 Å². The summed E-state index contributed by atoms with van der Waals surface area (Å²) in [6.45, 7) is 9.14. The van der Waals surface area contributed by atoms with E-state index in [0.717, 1.165) is 6.54 Å². The van der Waals surface area contributed by atoms with E-state index >= 15 is 0 Å². The maximum absolute atomic E-state index is 9.08. The highest BCUT2D eigenvalue weighted by molar-refractivity contribution is 5.38. The number of nitrogens with zero attached hydrogens (tertiary/aromatic N) is 1. The second-order valence-corrected chi connectivity index (χ2v) is 6.81. The van der Waals surface area contributed by atoms with E-state index < -0.39 is 5.54 Å². The van der Waals surface area contributed by atoms with Gasteiger partial charge in [0.2, 0.25) is 0 Å². The summed E-state index contributed by atoms with van der Waals surface area (Å²) in [6.07, 6.45) is 3.74. The van der Waals surface area contributed by atoms with E-state index in [1.165, 1.54) is 36.0 Å². The third-order valence-corrected chi connectivity index (χ3v) is 4.13. The predicted molar refractivity (Wildman–Crippen MR) is 79.2 cm³/mol. The van der Waals surface area contributed by atoms with Crippen LogP contribution in [-0.4, -0.2) is 12.1 Å². The fraction of sp³-hybridized carbons (Fsp3) is 0.588. The van der Waals surface area contributed by atoms with Crippen molar-refractivity contribution in [3.05, 3.63) is 34.9 Å². The van der Waals surface area contributed by atoms with Gasteiger partial charge in [-0.15, -0.1) is 0 Å². The Morgan fingerprint density at radius 1 is 1.16 bits per heavy atom. The molecule has 0 atom stereocenters. The summed E-state index contributed by atoms with van der Waals surface area (Å²) >= 11 is 0. The summed E-state index contributed by atoms with van der Waals surface area (Å²) in [4.78, 5) is 0. The van der Waals surface area contributed by atoms with E-state index in [-0.39, 0.29) is 5.41 Å². The molecule has 1 aromatic rings. The number of hydrogen-bond acceptors (Lipinski definition) is 2. The Balaban J connectivity index is 2.13. The highest BCUT2D eigenvalue weighted by atomic mass is 15.0. The molecule has 102 valence electrons. The molecule has 1 aliphatic carbocycles. The number of rotatable bonds is 4. The van der Waals surface area contributed by atoms with Gasteiger partial charge in [0.15, 0.2) is 0 Å². The van der Waals surface area contributed by atoms with Crippen molar-refractivity contribution in [1.29, 1.82) is 5.26 Å². The molecule has 0 saturated heterocycles. The van der Waals surface area contributed by atoms with Crippen LogP contribution < -0.4 is 5.32 Å². The Bertz CT molecular complexity index is 506. The molecule has 19 heavy (non-hydrogen) atoms. The van der Waals surface area contributed by atoms with Crippen LogP contribution in [0.25, 0.3) is 0 Å². The van der Waals surface area contributed by atoms with Crippen LogP contribution in [0.5, 0.6) is 0 Å². The molecule has 0 radical (unpaired) electrons. The second-order valence-electron chi connectivity index (χ2n) is 6.81. The summed E-state index contributed by atoms with van der Waals surface area (Å²) in [7, 11) is 0. The molecule has 1 N–H and O–H groups in total. The first-order valence-corrected chi connectivity index (χ1v) is 7.13. The van der Waals surface area contributed by atoms with Crippen LogP contribution in [0.3, 0.4) is 0 Å². The fourth-order valence-electron chi connectivity index (χ4n) is 2.58. The normalized spacial score (nSPS) is 15.1. The third kappa shape index (κ3) is 3.16.